The standard InChI is InChI=1S/C5H8N2O3S/c6-3(8)4-7-2(1-11-4)5(9)10/h2,4,7H,1H2,(H2,6,8)(H,9,10)/t2-,4?/m1/s1. The minimum absolute atomic E-state index is 0.392. The average Bonchev–Trinajstić information content (AvgIpc) is 2.33. The number of carbonyl (C=O) groups is 2. The number of aliphatic carboxylic acids is 1. The molecule has 1 heterocycles. The lowest BCUT2D eigenvalue weighted by Crippen LogP contribution is -2.42. The van der Waals surface area contributed by atoms with Crippen molar-refractivity contribution in [1.29, 1.82) is 0 Å². The summed E-state index contributed by atoms with van der Waals surface area (Å²) < 4.78 is 0. The van der Waals surface area contributed by atoms with Gasteiger partial charge in [0, 0.05) is 5.75 Å². The molecule has 1 amide bonds. The van der Waals surface area contributed by atoms with Crippen LogP contribution in [0, 0.1) is 0 Å². The van der Waals surface area contributed by atoms with Crippen LogP contribution in [0.15, 0.2) is 0 Å². The molecule has 5 nitrogen and oxygen atoms in total. The van der Waals surface area contributed by atoms with Gasteiger partial charge in [-0.2, -0.15) is 0 Å². The number of amides is 1. The van der Waals surface area contributed by atoms with E-state index < -0.39 is 23.3 Å². The van der Waals surface area contributed by atoms with Crippen LogP contribution in [0.4, 0.5) is 0 Å². The highest BCUT2D eigenvalue weighted by Gasteiger charge is 2.32. The van der Waals surface area contributed by atoms with Gasteiger partial charge in [-0.25, -0.2) is 0 Å². The lowest BCUT2D eigenvalue weighted by atomic mass is 10.3. The molecule has 0 spiro atoms. The number of hydrogen-bond donors (Lipinski definition) is 3. The molecule has 11 heavy (non-hydrogen) atoms. The van der Waals surface area contributed by atoms with Crippen molar-refractivity contribution in [2.24, 2.45) is 5.73 Å². The van der Waals surface area contributed by atoms with Crippen LogP contribution in [-0.4, -0.2) is 34.2 Å². The fourth-order valence-corrected chi connectivity index (χ4v) is 1.83. The highest BCUT2D eigenvalue weighted by atomic mass is 32.2. The van der Waals surface area contributed by atoms with Gasteiger partial charge in [0.05, 0.1) is 0 Å². The summed E-state index contributed by atoms with van der Waals surface area (Å²) >= 11 is 1.22. The molecule has 62 valence electrons. The van der Waals surface area contributed by atoms with Crippen molar-refractivity contribution in [1.82, 2.24) is 5.32 Å². The predicted octanol–water partition coefficient (Wildman–Crippen LogP) is -1.41. The summed E-state index contributed by atoms with van der Waals surface area (Å²) in [6.07, 6.45) is 0. The first-order valence-corrected chi connectivity index (χ1v) is 4.06. The fourth-order valence-electron chi connectivity index (χ4n) is 0.778. The second kappa shape index (κ2) is 3.10. The molecule has 1 fully saturated rings. The van der Waals surface area contributed by atoms with Crippen molar-refractivity contribution < 1.29 is 14.7 Å². The quantitative estimate of drug-likeness (QED) is 0.480. The number of carbonyl (C=O) groups excluding carboxylic acids is 1. The van der Waals surface area contributed by atoms with E-state index >= 15 is 0 Å². The van der Waals surface area contributed by atoms with Crippen LogP contribution < -0.4 is 11.1 Å². The third kappa shape index (κ3) is 1.84. The van der Waals surface area contributed by atoms with Crippen LogP contribution in [0.25, 0.3) is 0 Å². The van der Waals surface area contributed by atoms with E-state index in [0.29, 0.717) is 5.75 Å². The number of thioether (sulfide) groups is 1. The zero-order valence-electron chi connectivity index (χ0n) is 5.61. The minimum Gasteiger partial charge on any atom is -0.480 e. The first-order chi connectivity index (χ1) is 5.11. The highest BCUT2D eigenvalue weighted by Crippen LogP contribution is 2.17. The maximum atomic E-state index is 10.5. The number of carboxylic acid groups (broad SMARTS) is 1. The van der Waals surface area contributed by atoms with Gasteiger partial charge >= 0.3 is 5.97 Å². The Balaban J connectivity index is 2.47. The molecule has 0 radical (unpaired) electrons. The Kier molecular flexibility index (Phi) is 2.35. The Bertz CT molecular complexity index is 176. The van der Waals surface area contributed by atoms with Gasteiger partial charge in [0.25, 0.3) is 0 Å². The third-order valence-electron chi connectivity index (χ3n) is 1.34. The van der Waals surface area contributed by atoms with Crippen molar-refractivity contribution in [2.45, 2.75) is 11.4 Å². The molecular formula is C5H8N2O3S. The Labute approximate surface area is 67.3 Å². The van der Waals surface area contributed by atoms with E-state index in [1.165, 1.54) is 11.8 Å². The van der Waals surface area contributed by atoms with Gasteiger partial charge in [-0.3, -0.25) is 14.9 Å². The van der Waals surface area contributed by atoms with Crippen molar-refractivity contribution in [3.05, 3.63) is 0 Å². The van der Waals surface area contributed by atoms with Gasteiger partial charge in [0.15, 0.2) is 0 Å². The van der Waals surface area contributed by atoms with E-state index in [1.54, 1.807) is 0 Å². The average molecular weight is 176 g/mol. The van der Waals surface area contributed by atoms with E-state index in [9.17, 15) is 9.59 Å². The summed E-state index contributed by atoms with van der Waals surface area (Å²) in [6, 6.07) is -0.641. The van der Waals surface area contributed by atoms with Crippen molar-refractivity contribution >= 4 is 23.6 Å². The number of primary amides is 1. The van der Waals surface area contributed by atoms with Crippen molar-refractivity contribution in [3.63, 3.8) is 0 Å². The third-order valence-corrected chi connectivity index (χ3v) is 2.57. The van der Waals surface area contributed by atoms with Crippen LogP contribution in [-0.2, 0) is 9.59 Å². The van der Waals surface area contributed by atoms with Crippen LogP contribution >= 0.6 is 11.8 Å². The zero-order chi connectivity index (χ0) is 8.43. The van der Waals surface area contributed by atoms with Crippen LogP contribution in [0.3, 0.4) is 0 Å². The summed E-state index contributed by atoms with van der Waals surface area (Å²) in [5, 5.41) is 10.5. The van der Waals surface area contributed by atoms with Crippen LogP contribution in [0.5, 0.6) is 0 Å². The van der Waals surface area contributed by atoms with E-state index in [0.717, 1.165) is 0 Å². The molecule has 4 N–H and O–H groups in total. The van der Waals surface area contributed by atoms with E-state index in [4.69, 9.17) is 10.8 Å². The number of rotatable bonds is 2. The van der Waals surface area contributed by atoms with Crippen LogP contribution in [0.1, 0.15) is 0 Å². The summed E-state index contributed by atoms with van der Waals surface area (Å²) in [5.74, 6) is -1.07. The Morgan fingerprint density at radius 3 is 2.55 bits per heavy atom. The van der Waals surface area contributed by atoms with Crippen LogP contribution in [0.2, 0.25) is 0 Å². The zero-order valence-corrected chi connectivity index (χ0v) is 6.43. The first-order valence-electron chi connectivity index (χ1n) is 3.01. The Morgan fingerprint density at radius 2 is 2.27 bits per heavy atom. The summed E-state index contributed by atoms with van der Waals surface area (Å²) in [5.41, 5.74) is 4.94. The normalized spacial score (nSPS) is 30.2. The monoisotopic (exact) mass is 176 g/mol. The molecule has 0 aromatic rings. The second-order valence-corrected chi connectivity index (χ2v) is 3.31. The molecular weight excluding hydrogens is 168 g/mol. The first kappa shape index (κ1) is 8.35. The number of hydrogen-bond acceptors (Lipinski definition) is 4. The molecule has 1 unspecified atom stereocenters. The van der Waals surface area contributed by atoms with Gasteiger partial charge in [0.1, 0.15) is 11.4 Å². The topological polar surface area (TPSA) is 92.4 Å². The fraction of sp³-hybridized carbons (Fsp3) is 0.600. The summed E-state index contributed by atoms with van der Waals surface area (Å²) in [6.45, 7) is 0. The maximum Gasteiger partial charge on any atom is 0.321 e. The SMILES string of the molecule is NC(=O)C1N[C@@H](C(=O)O)CS1. The molecule has 1 saturated heterocycles. The second-order valence-electron chi connectivity index (χ2n) is 2.17. The molecule has 2 atom stereocenters. The predicted molar refractivity (Wildman–Crippen MR) is 40.0 cm³/mol. The smallest absolute Gasteiger partial charge is 0.321 e. The molecule has 0 aliphatic carbocycles. The largest absolute Gasteiger partial charge is 0.480 e. The summed E-state index contributed by atoms with van der Waals surface area (Å²) in [4.78, 5) is 20.9. The van der Waals surface area contributed by atoms with E-state index in [2.05, 4.69) is 5.32 Å². The van der Waals surface area contributed by atoms with E-state index in [1.807, 2.05) is 0 Å². The number of nitrogens with two attached hydrogens (primary N) is 1. The molecule has 1 rings (SSSR count). The number of carboxylic acids is 1. The molecule has 0 aromatic carbocycles. The molecule has 0 aromatic heterocycles. The van der Waals surface area contributed by atoms with Gasteiger partial charge in [-0.05, 0) is 0 Å². The Hall–Kier alpha value is -0.750. The molecule has 6 heteroatoms. The number of nitrogens with one attached hydrogen (secondary N) is 1. The van der Waals surface area contributed by atoms with Gasteiger partial charge < -0.3 is 10.8 Å². The molecule has 0 saturated carbocycles. The van der Waals surface area contributed by atoms with E-state index in [-0.39, 0.29) is 0 Å². The Morgan fingerprint density at radius 1 is 1.64 bits per heavy atom. The minimum atomic E-state index is -0.943. The highest BCUT2D eigenvalue weighted by molar-refractivity contribution is 8.00. The van der Waals surface area contributed by atoms with Gasteiger partial charge in [0.2, 0.25) is 5.91 Å². The molecule has 1 aliphatic heterocycles. The summed E-state index contributed by atoms with van der Waals surface area (Å²) in [7, 11) is 0. The van der Waals surface area contributed by atoms with Gasteiger partial charge in [-0.15, -0.1) is 11.8 Å². The van der Waals surface area contributed by atoms with Crippen molar-refractivity contribution in [3.8, 4) is 0 Å². The maximum absolute atomic E-state index is 10.5. The lowest BCUT2D eigenvalue weighted by molar-refractivity contribution is -0.138. The lowest BCUT2D eigenvalue weighted by Gasteiger charge is -2.04. The molecule has 0 bridgehead atoms. The van der Waals surface area contributed by atoms with Crippen molar-refractivity contribution in [2.75, 3.05) is 5.75 Å². The van der Waals surface area contributed by atoms with Gasteiger partial charge in [-0.1, -0.05) is 0 Å². The molecule has 1 aliphatic rings.